The SMILES string of the molecule is NCc1cc([N+](=O)[O-])ccc1OCc1ccc(I)cc1. The number of nitro groups is 1. The fourth-order valence-electron chi connectivity index (χ4n) is 1.72. The van der Waals surface area contributed by atoms with Gasteiger partial charge >= 0.3 is 0 Å². The predicted molar refractivity (Wildman–Crippen MR) is 84.5 cm³/mol. The molecule has 0 bridgehead atoms. The fourth-order valence-corrected chi connectivity index (χ4v) is 2.08. The normalized spacial score (nSPS) is 10.3. The van der Waals surface area contributed by atoms with Gasteiger partial charge in [0.1, 0.15) is 12.4 Å². The highest BCUT2D eigenvalue weighted by atomic mass is 127. The van der Waals surface area contributed by atoms with E-state index in [1.807, 2.05) is 24.3 Å². The Hall–Kier alpha value is -1.67. The molecule has 0 aliphatic rings. The monoisotopic (exact) mass is 384 g/mol. The average Bonchev–Trinajstić information content (AvgIpc) is 2.46. The molecule has 5 nitrogen and oxygen atoms in total. The lowest BCUT2D eigenvalue weighted by atomic mass is 10.1. The Morgan fingerprint density at radius 3 is 2.50 bits per heavy atom. The van der Waals surface area contributed by atoms with Crippen LogP contribution in [-0.2, 0) is 13.2 Å². The molecule has 0 heterocycles. The molecule has 2 aromatic carbocycles. The number of halogens is 1. The molecule has 0 aromatic heterocycles. The van der Waals surface area contributed by atoms with Gasteiger partial charge in [-0.1, -0.05) is 12.1 Å². The fraction of sp³-hybridized carbons (Fsp3) is 0.143. The zero-order valence-corrected chi connectivity index (χ0v) is 12.7. The van der Waals surface area contributed by atoms with Crippen LogP contribution < -0.4 is 10.5 Å². The van der Waals surface area contributed by atoms with Gasteiger partial charge in [0.15, 0.2) is 0 Å². The smallest absolute Gasteiger partial charge is 0.270 e. The van der Waals surface area contributed by atoms with Crippen LogP contribution in [0.3, 0.4) is 0 Å². The van der Waals surface area contributed by atoms with Crippen molar-refractivity contribution in [2.24, 2.45) is 5.73 Å². The first-order valence-corrected chi connectivity index (χ1v) is 7.02. The van der Waals surface area contributed by atoms with Crippen molar-refractivity contribution in [3.63, 3.8) is 0 Å². The number of rotatable bonds is 5. The molecule has 0 spiro atoms. The Morgan fingerprint density at radius 2 is 1.90 bits per heavy atom. The molecular weight excluding hydrogens is 371 g/mol. The van der Waals surface area contributed by atoms with Crippen LogP contribution in [0, 0.1) is 13.7 Å². The number of hydrogen-bond donors (Lipinski definition) is 1. The van der Waals surface area contributed by atoms with Crippen molar-refractivity contribution in [2.45, 2.75) is 13.2 Å². The second-order valence-corrected chi connectivity index (χ2v) is 5.41. The summed E-state index contributed by atoms with van der Waals surface area (Å²) in [4.78, 5) is 10.3. The summed E-state index contributed by atoms with van der Waals surface area (Å²) in [5, 5.41) is 10.7. The third kappa shape index (κ3) is 3.67. The van der Waals surface area contributed by atoms with E-state index in [0.717, 1.165) is 9.13 Å². The van der Waals surface area contributed by atoms with Gasteiger partial charge < -0.3 is 10.5 Å². The molecule has 2 rings (SSSR count). The van der Waals surface area contributed by atoms with E-state index >= 15 is 0 Å². The Morgan fingerprint density at radius 1 is 1.20 bits per heavy atom. The van der Waals surface area contributed by atoms with Crippen LogP contribution in [0.2, 0.25) is 0 Å². The minimum absolute atomic E-state index is 0.0204. The van der Waals surface area contributed by atoms with Crippen molar-refractivity contribution in [1.82, 2.24) is 0 Å². The third-order valence-corrected chi connectivity index (χ3v) is 3.50. The van der Waals surface area contributed by atoms with E-state index in [9.17, 15) is 10.1 Å². The van der Waals surface area contributed by atoms with Gasteiger partial charge in [0, 0.05) is 27.8 Å². The Balaban J connectivity index is 2.12. The molecule has 0 saturated carbocycles. The maximum Gasteiger partial charge on any atom is 0.270 e. The van der Waals surface area contributed by atoms with Crippen LogP contribution in [0.15, 0.2) is 42.5 Å². The molecule has 0 aliphatic heterocycles. The maximum atomic E-state index is 10.7. The van der Waals surface area contributed by atoms with Gasteiger partial charge in [0.25, 0.3) is 5.69 Å². The number of benzene rings is 2. The van der Waals surface area contributed by atoms with Crippen molar-refractivity contribution in [2.75, 3.05) is 0 Å². The van der Waals surface area contributed by atoms with E-state index in [1.54, 1.807) is 6.07 Å². The van der Waals surface area contributed by atoms with Crippen LogP contribution in [0.5, 0.6) is 5.75 Å². The second-order valence-electron chi connectivity index (χ2n) is 4.17. The van der Waals surface area contributed by atoms with E-state index in [2.05, 4.69) is 22.6 Å². The number of nitrogens with two attached hydrogens (primary N) is 1. The molecule has 20 heavy (non-hydrogen) atoms. The van der Waals surface area contributed by atoms with Crippen LogP contribution in [0.1, 0.15) is 11.1 Å². The number of nitro benzene ring substituents is 1. The molecular formula is C14H13IN2O3. The number of non-ortho nitro benzene ring substituents is 1. The van der Waals surface area contributed by atoms with Crippen molar-refractivity contribution in [1.29, 1.82) is 0 Å². The summed E-state index contributed by atoms with van der Waals surface area (Å²) >= 11 is 2.24. The quantitative estimate of drug-likeness (QED) is 0.488. The summed E-state index contributed by atoms with van der Waals surface area (Å²) < 4.78 is 6.84. The molecule has 0 radical (unpaired) electrons. The average molecular weight is 384 g/mol. The first kappa shape index (κ1) is 14.7. The molecule has 0 saturated heterocycles. The van der Waals surface area contributed by atoms with E-state index in [0.29, 0.717) is 17.9 Å². The van der Waals surface area contributed by atoms with Gasteiger partial charge in [-0.05, 0) is 46.4 Å². The number of hydrogen-bond acceptors (Lipinski definition) is 4. The Bertz CT molecular complexity index is 614. The second kappa shape index (κ2) is 6.67. The zero-order chi connectivity index (χ0) is 14.5. The van der Waals surface area contributed by atoms with Crippen LogP contribution in [-0.4, -0.2) is 4.92 Å². The molecule has 0 amide bonds. The first-order valence-electron chi connectivity index (χ1n) is 5.95. The third-order valence-electron chi connectivity index (χ3n) is 2.78. The van der Waals surface area contributed by atoms with Gasteiger partial charge in [0.05, 0.1) is 4.92 Å². The summed E-state index contributed by atoms with van der Waals surface area (Å²) in [5.74, 6) is 0.580. The summed E-state index contributed by atoms with van der Waals surface area (Å²) in [6, 6.07) is 12.4. The minimum Gasteiger partial charge on any atom is -0.489 e. The lowest BCUT2D eigenvalue weighted by Crippen LogP contribution is -2.03. The lowest BCUT2D eigenvalue weighted by Gasteiger charge is -2.10. The Kier molecular flexibility index (Phi) is 4.91. The minimum atomic E-state index is -0.442. The van der Waals surface area contributed by atoms with Crippen molar-refractivity contribution in [3.8, 4) is 5.75 Å². The summed E-state index contributed by atoms with van der Waals surface area (Å²) in [7, 11) is 0. The van der Waals surface area contributed by atoms with Crippen LogP contribution in [0.25, 0.3) is 0 Å². The molecule has 2 aromatic rings. The van der Waals surface area contributed by atoms with E-state index in [1.165, 1.54) is 12.1 Å². The number of ether oxygens (including phenoxy) is 1. The van der Waals surface area contributed by atoms with Crippen LogP contribution >= 0.6 is 22.6 Å². The molecule has 0 atom stereocenters. The Labute approximate surface area is 130 Å². The van der Waals surface area contributed by atoms with E-state index in [-0.39, 0.29) is 12.2 Å². The van der Waals surface area contributed by atoms with Crippen molar-refractivity contribution < 1.29 is 9.66 Å². The van der Waals surface area contributed by atoms with E-state index in [4.69, 9.17) is 10.5 Å². The highest BCUT2D eigenvalue weighted by molar-refractivity contribution is 14.1. The van der Waals surface area contributed by atoms with Gasteiger partial charge in [0.2, 0.25) is 0 Å². The van der Waals surface area contributed by atoms with Crippen molar-refractivity contribution >= 4 is 28.3 Å². The van der Waals surface area contributed by atoms with Gasteiger partial charge in [-0.15, -0.1) is 0 Å². The summed E-state index contributed by atoms with van der Waals surface area (Å²) in [6.45, 7) is 0.603. The molecule has 0 aliphatic carbocycles. The largest absolute Gasteiger partial charge is 0.489 e. The molecule has 6 heteroatoms. The van der Waals surface area contributed by atoms with E-state index < -0.39 is 4.92 Å². The molecule has 104 valence electrons. The molecule has 0 fully saturated rings. The molecule has 2 N–H and O–H groups in total. The predicted octanol–water partition coefficient (Wildman–Crippen LogP) is 3.24. The maximum absolute atomic E-state index is 10.7. The van der Waals surface area contributed by atoms with Gasteiger partial charge in [-0.25, -0.2) is 0 Å². The van der Waals surface area contributed by atoms with Crippen LogP contribution in [0.4, 0.5) is 5.69 Å². The van der Waals surface area contributed by atoms with Crippen molar-refractivity contribution in [3.05, 3.63) is 67.3 Å². The molecule has 0 unspecified atom stereocenters. The zero-order valence-electron chi connectivity index (χ0n) is 10.6. The standard InChI is InChI=1S/C14H13IN2O3/c15-12-3-1-10(2-4-12)9-20-14-6-5-13(17(18)19)7-11(14)8-16/h1-7H,8-9,16H2. The van der Waals surface area contributed by atoms with Gasteiger partial charge in [-0.3, -0.25) is 10.1 Å². The lowest BCUT2D eigenvalue weighted by molar-refractivity contribution is -0.384. The summed E-state index contributed by atoms with van der Waals surface area (Å²) in [5.41, 5.74) is 7.29. The van der Waals surface area contributed by atoms with Gasteiger partial charge in [-0.2, -0.15) is 0 Å². The first-order chi connectivity index (χ1) is 9.60. The highest BCUT2D eigenvalue weighted by Gasteiger charge is 2.10. The topological polar surface area (TPSA) is 78.4 Å². The summed E-state index contributed by atoms with van der Waals surface area (Å²) in [6.07, 6.45) is 0. The highest BCUT2D eigenvalue weighted by Crippen LogP contribution is 2.24. The number of nitrogens with zero attached hydrogens (tertiary/aromatic N) is 1.